The van der Waals surface area contributed by atoms with Crippen LogP contribution in [0.1, 0.15) is 13.8 Å². The van der Waals surface area contributed by atoms with Gasteiger partial charge in [-0.2, -0.15) is 0 Å². The highest BCUT2D eigenvalue weighted by Gasteiger charge is 2.21. The molecule has 9 heteroatoms. The van der Waals surface area contributed by atoms with E-state index in [0.717, 1.165) is 12.1 Å². The highest BCUT2D eigenvalue weighted by Crippen LogP contribution is 2.20. The predicted octanol–water partition coefficient (Wildman–Crippen LogP) is 1.96. The summed E-state index contributed by atoms with van der Waals surface area (Å²) in [6.07, 6.45) is 0. The average molecular weight is 299 g/mol. The monoisotopic (exact) mass is 299 g/mol. The summed E-state index contributed by atoms with van der Waals surface area (Å²) in [5.74, 6) is -2.86. The Labute approximate surface area is 119 Å². The number of carboxylic acids is 1. The lowest BCUT2D eigenvalue weighted by Crippen LogP contribution is -2.42. The Morgan fingerprint density at radius 3 is 2.48 bits per heavy atom. The quantitative estimate of drug-likeness (QED) is 0.566. The van der Waals surface area contributed by atoms with Crippen molar-refractivity contribution in [2.24, 2.45) is 5.92 Å². The van der Waals surface area contributed by atoms with Crippen LogP contribution >= 0.6 is 0 Å². The van der Waals surface area contributed by atoms with Crippen LogP contribution in [-0.4, -0.2) is 28.1 Å². The third kappa shape index (κ3) is 4.41. The van der Waals surface area contributed by atoms with Crippen LogP contribution in [0.5, 0.6) is 0 Å². The molecule has 0 fully saturated rings. The number of anilines is 1. The first-order valence-corrected chi connectivity index (χ1v) is 5.96. The number of nitrogens with one attached hydrogen (secondary N) is 2. The number of nitrogens with zero attached hydrogens (tertiary/aromatic N) is 1. The summed E-state index contributed by atoms with van der Waals surface area (Å²) >= 11 is 0. The highest BCUT2D eigenvalue weighted by molar-refractivity contribution is 5.90. The molecular weight excluding hydrogens is 285 g/mol. The molecule has 3 N–H and O–H groups in total. The van der Waals surface area contributed by atoms with Crippen molar-refractivity contribution in [2.75, 3.05) is 5.32 Å². The molecule has 1 rings (SSSR count). The normalized spacial score (nSPS) is 13.1. The molecule has 0 aromatic heterocycles. The lowest BCUT2D eigenvalue weighted by Gasteiger charge is -2.18. The largest absolute Gasteiger partial charge is 0.481 e. The van der Waals surface area contributed by atoms with E-state index in [0.29, 0.717) is 6.07 Å². The summed E-state index contributed by atoms with van der Waals surface area (Å²) in [5, 5.41) is 23.7. The third-order valence-corrected chi connectivity index (χ3v) is 2.91. The third-order valence-electron chi connectivity index (χ3n) is 2.91. The van der Waals surface area contributed by atoms with E-state index >= 15 is 0 Å². The molecule has 0 aliphatic heterocycles. The van der Waals surface area contributed by atoms with Gasteiger partial charge in [-0.15, -0.1) is 0 Å². The van der Waals surface area contributed by atoms with E-state index in [2.05, 4.69) is 10.6 Å². The number of benzene rings is 1. The number of halogens is 1. The molecule has 8 nitrogen and oxygen atoms in total. The number of hydrogen-bond acceptors (Lipinski definition) is 4. The van der Waals surface area contributed by atoms with Gasteiger partial charge in [0.15, 0.2) is 5.82 Å². The number of urea groups is 1. The van der Waals surface area contributed by atoms with Crippen molar-refractivity contribution in [3.8, 4) is 0 Å². The Kier molecular flexibility index (Phi) is 5.17. The maximum absolute atomic E-state index is 13.6. The zero-order chi connectivity index (χ0) is 16.2. The molecule has 1 aromatic rings. The molecule has 0 saturated heterocycles. The summed E-state index contributed by atoms with van der Waals surface area (Å²) in [5.41, 5.74) is -0.681. The summed E-state index contributed by atoms with van der Waals surface area (Å²) in [4.78, 5) is 32.0. The van der Waals surface area contributed by atoms with Crippen LogP contribution in [-0.2, 0) is 4.79 Å². The molecule has 0 aliphatic rings. The molecule has 0 saturated carbocycles. The second-order valence-electron chi connectivity index (χ2n) is 4.44. The van der Waals surface area contributed by atoms with E-state index in [9.17, 15) is 24.1 Å². The molecule has 2 amide bonds. The molecular formula is C12H14FN3O5. The van der Waals surface area contributed by atoms with E-state index in [4.69, 9.17) is 5.11 Å². The van der Waals surface area contributed by atoms with Gasteiger partial charge in [-0.05, 0) is 19.9 Å². The van der Waals surface area contributed by atoms with Crippen molar-refractivity contribution in [3.63, 3.8) is 0 Å². The second-order valence-corrected chi connectivity index (χ2v) is 4.44. The molecule has 2 unspecified atom stereocenters. The standard InChI is InChI=1S/C12H14FN3O5/c1-6(11(17)18)7(2)14-12(19)15-10-4-3-8(16(20)21)5-9(10)13/h3-7H,1-2H3,(H,17,18)(H2,14,15,19). The van der Waals surface area contributed by atoms with E-state index in [1.165, 1.54) is 13.8 Å². The Bertz CT molecular complexity index is 578. The summed E-state index contributed by atoms with van der Waals surface area (Å²) < 4.78 is 13.6. The van der Waals surface area contributed by atoms with Gasteiger partial charge in [0.2, 0.25) is 0 Å². The van der Waals surface area contributed by atoms with Gasteiger partial charge in [-0.1, -0.05) is 0 Å². The number of aliphatic carboxylic acids is 1. The van der Waals surface area contributed by atoms with Gasteiger partial charge in [0, 0.05) is 12.1 Å². The minimum Gasteiger partial charge on any atom is -0.481 e. The number of nitro benzene ring substituents is 1. The Hall–Kier alpha value is -2.71. The van der Waals surface area contributed by atoms with Crippen molar-refractivity contribution in [2.45, 2.75) is 19.9 Å². The van der Waals surface area contributed by atoms with Crippen molar-refractivity contribution in [1.29, 1.82) is 0 Å². The molecule has 114 valence electrons. The fourth-order valence-electron chi connectivity index (χ4n) is 1.42. The van der Waals surface area contributed by atoms with Crippen LogP contribution in [0.25, 0.3) is 0 Å². The van der Waals surface area contributed by atoms with Crippen LogP contribution < -0.4 is 10.6 Å². The van der Waals surface area contributed by atoms with Gasteiger partial charge >= 0.3 is 12.0 Å². The van der Waals surface area contributed by atoms with Gasteiger partial charge < -0.3 is 15.7 Å². The van der Waals surface area contributed by atoms with E-state index in [1.54, 1.807) is 0 Å². The van der Waals surface area contributed by atoms with Crippen LogP contribution in [0.3, 0.4) is 0 Å². The summed E-state index contributed by atoms with van der Waals surface area (Å²) in [6.45, 7) is 2.91. The van der Waals surface area contributed by atoms with E-state index < -0.39 is 40.4 Å². The first-order valence-electron chi connectivity index (χ1n) is 5.96. The van der Waals surface area contributed by atoms with Crippen molar-refractivity contribution in [3.05, 3.63) is 34.1 Å². The van der Waals surface area contributed by atoms with Crippen LogP contribution in [0.4, 0.5) is 20.6 Å². The Morgan fingerprint density at radius 2 is 2.00 bits per heavy atom. The van der Waals surface area contributed by atoms with Crippen LogP contribution in [0, 0.1) is 21.8 Å². The van der Waals surface area contributed by atoms with E-state index in [-0.39, 0.29) is 5.69 Å². The first kappa shape index (κ1) is 16.3. The minimum absolute atomic E-state index is 0.242. The van der Waals surface area contributed by atoms with E-state index in [1.807, 2.05) is 0 Å². The lowest BCUT2D eigenvalue weighted by atomic mass is 10.0. The number of carboxylic acid groups (broad SMARTS) is 1. The number of rotatable bonds is 5. The molecule has 1 aromatic carbocycles. The number of nitro groups is 1. The minimum atomic E-state index is -1.08. The smallest absolute Gasteiger partial charge is 0.319 e. The fourth-order valence-corrected chi connectivity index (χ4v) is 1.42. The highest BCUT2D eigenvalue weighted by atomic mass is 19.1. The number of amides is 2. The van der Waals surface area contributed by atoms with Gasteiger partial charge in [-0.3, -0.25) is 14.9 Å². The fraction of sp³-hybridized carbons (Fsp3) is 0.333. The van der Waals surface area contributed by atoms with Gasteiger partial charge in [0.05, 0.1) is 22.6 Å². The summed E-state index contributed by atoms with van der Waals surface area (Å²) in [6, 6.07) is 1.30. The number of carbonyl (C=O) groups is 2. The maximum atomic E-state index is 13.6. The zero-order valence-corrected chi connectivity index (χ0v) is 11.3. The SMILES string of the molecule is CC(NC(=O)Nc1ccc([N+](=O)[O-])cc1F)C(C)C(=O)O. The molecule has 0 aliphatic carbocycles. The molecule has 21 heavy (non-hydrogen) atoms. The van der Waals surface area contributed by atoms with Crippen molar-refractivity contribution in [1.82, 2.24) is 5.32 Å². The Balaban J connectivity index is 2.71. The van der Waals surface area contributed by atoms with Crippen molar-refractivity contribution < 1.29 is 24.0 Å². The molecule has 0 radical (unpaired) electrons. The topological polar surface area (TPSA) is 122 Å². The molecule has 0 heterocycles. The first-order chi connectivity index (χ1) is 9.72. The number of hydrogen-bond donors (Lipinski definition) is 3. The van der Waals surface area contributed by atoms with Crippen molar-refractivity contribution >= 4 is 23.4 Å². The van der Waals surface area contributed by atoms with Gasteiger partial charge in [-0.25, -0.2) is 9.18 Å². The average Bonchev–Trinajstić information content (AvgIpc) is 2.39. The number of carbonyl (C=O) groups excluding carboxylic acids is 1. The molecule has 0 bridgehead atoms. The Morgan fingerprint density at radius 1 is 1.38 bits per heavy atom. The summed E-state index contributed by atoms with van der Waals surface area (Å²) in [7, 11) is 0. The van der Waals surface area contributed by atoms with Crippen LogP contribution in [0.2, 0.25) is 0 Å². The molecule has 2 atom stereocenters. The maximum Gasteiger partial charge on any atom is 0.319 e. The lowest BCUT2D eigenvalue weighted by molar-refractivity contribution is -0.385. The van der Waals surface area contributed by atoms with Crippen LogP contribution in [0.15, 0.2) is 18.2 Å². The van der Waals surface area contributed by atoms with Gasteiger partial charge in [0.25, 0.3) is 5.69 Å². The second kappa shape index (κ2) is 6.64. The zero-order valence-electron chi connectivity index (χ0n) is 11.3. The number of non-ortho nitro benzene ring substituents is 1. The predicted molar refractivity (Wildman–Crippen MR) is 71.5 cm³/mol. The van der Waals surface area contributed by atoms with Gasteiger partial charge in [0.1, 0.15) is 0 Å². The molecule has 0 spiro atoms.